The van der Waals surface area contributed by atoms with Gasteiger partial charge >= 0.3 is 0 Å². The number of allylic oxidation sites excluding steroid dienone is 2. The maximum absolute atomic E-state index is 15.0. The van der Waals surface area contributed by atoms with Crippen LogP contribution in [0, 0.1) is 23.1 Å². The van der Waals surface area contributed by atoms with Gasteiger partial charge in [-0.05, 0) is 80.0 Å². The summed E-state index contributed by atoms with van der Waals surface area (Å²) in [6.07, 6.45) is 6.81. The summed E-state index contributed by atoms with van der Waals surface area (Å²) in [6.45, 7) is 12.5. The molecule has 3 unspecified atom stereocenters. The Morgan fingerprint density at radius 3 is 2.50 bits per heavy atom. The van der Waals surface area contributed by atoms with Crippen LogP contribution in [0.1, 0.15) is 77.3 Å². The molecular formula is C32H41FN4S. The summed E-state index contributed by atoms with van der Waals surface area (Å²) in [5.41, 5.74) is 7.64. The second kappa shape index (κ2) is 13.8. The van der Waals surface area contributed by atoms with Crippen LogP contribution in [-0.4, -0.2) is 26.9 Å². The van der Waals surface area contributed by atoms with Gasteiger partial charge in [0.1, 0.15) is 5.82 Å². The summed E-state index contributed by atoms with van der Waals surface area (Å²) in [5.74, 6) is 2.39. The van der Waals surface area contributed by atoms with Crippen molar-refractivity contribution >= 4 is 18.8 Å². The smallest absolute Gasteiger partial charge is 0.160 e. The van der Waals surface area contributed by atoms with Crippen LogP contribution in [-0.2, 0) is 12.8 Å². The molecule has 2 aromatic heterocycles. The fourth-order valence-electron chi connectivity index (χ4n) is 5.62. The summed E-state index contributed by atoms with van der Waals surface area (Å²) in [5, 5.41) is 7.96. The predicted octanol–water partition coefficient (Wildman–Crippen LogP) is 8.52. The number of benzene rings is 1. The molecule has 0 saturated carbocycles. The van der Waals surface area contributed by atoms with Crippen LogP contribution in [0.5, 0.6) is 0 Å². The summed E-state index contributed by atoms with van der Waals surface area (Å²) >= 11 is 3.79. The maximum atomic E-state index is 15.0. The molecule has 0 saturated heterocycles. The van der Waals surface area contributed by atoms with Crippen molar-refractivity contribution in [1.82, 2.24) is 15.0 Å². The molecule has 0 spiro atoms. The number of nitrogens with zero attached hydrogens (tertiary/aromatic N) is 3. The highest BCUT2D eigenvalue weighted by molar-refractivity contribution is 7.80. The number of halogens is 1. The lowest BCUT2D eigenvalue weighted by atomic mass is 9.63. The molecule has 3 atom stereocenters. The van der Waals surface area contributed by atoms with Crippen LogP contribution < -0.4 is 0 Å². The monoisotopic (exact) mass is 532 g/mol. The Morgan fingerprint density at radius 2 is 1.84 bits per heavy atom. The molecule has 2 heterocycles. The molecule has 38 heavy (non-hydrogen) atoms. The van der Waals surface area contributed by atoms with Crippen molar-refractivity contribution in [3.8, 4) is 22.6 Å². The molecule has 0 amide bonds. The molecule has 3 aromatic rings. The molecule has 202 valence electrons. The van der Waals surface area contributed by atoms with E-state index in [1.165, 1.54) is 17.9 Å². The van der Waals surface area contributed by atoms with Crippen LogP contribution in [0.4, 0.5) is 4.39 Å². The molecule has 2 aliphatic carbocycles. The molecule has 0 bridgehead atoms. The van der Waals surface area contributed by atoms with Crippen molar-refractivity contribution < 1.29 is 4.39 Å². The summed E-state index contributed by atoms with van der Waals surface area (Å²) in [7, 11) is 0. The van der Waals surface area contributed by atoms with E-state index < -0.39 is 0 Å². The zero-order valence-electron chi connectivity index (χ0n) is 23.6. The lowest BCUT2D eigenvalue weighted by Crippen LogP contribution is -2.33. The molecule has 0 aliphatic heterocycles. The van der Waals surface area contributed by atoms with Crippen molar-refractivity contribution in [3.63, 3.8) is 0 Å². The van der Waals surface area contributed by atoms with Crippen molar-refractivity contribution in [2.75, 3.05) is 5.75 Å². The normalized spacial score (nSPS) is 19.7. The molecular weight excluding hydrogens is 491 g/mol. The number of aryl methyl sites for hydroxylation is 1. The Morgan fingerprint density at radius 1 is 1.13 bits per heavy atom. The van der Waals surface area contributed by atoms with E-state index in [0.29, 0.717) is 28.9 Å². The highest BCUT2D eigenvalue weighted by atomic mass is 32.1. The topological polar surface area (TPSA) is 62.5 Å². The van der Waals surface area contributed by atoms with E-state index in [9.17, 15) is 4.39 Å². The van der Waals surface area contributed by atoms with Gasteiger partial charge in [0.15, 0.2) is 5.82 Å². The standard InChI is InChI=1S/C28H29FN4.C2H6S.C2H6/c1-4-20-13-18(11-12-31-20)28-32-26(22-7-5-6-8-25(22)29)23-10-9-21-17(3)16(2)19(15-30)14-24(21)27(23)33-28;1-2-3;1-2/h5-8,11-13,15,17,21,24,30H,4,9-10,14H2,1-3H3;3H,2H2,1H3;1-2H3. The molecule has 5 rings (SSSR count). The van der Waals surface area contributed by atoms with Crippen LogP contribution in [0.3, 0.4) is 0 Å². The molecule has 6 heteroatoms. The summed E-state index contributed by atoms with van der Waals surface area (Å²) in [4.78, 5) is 14.5. The van der Waals surface area contributed by atoms with Gasteiger partial charge in [0, 0.05) is 40.7 Å². The third kappa shape index (κ3) is 6.06. The van der Waals surface area contributed by atoms with Crippen molar-refractivity contribution in [2.45, 2.75) is 73.1 Å². The predicted molar refractivity (Wildman–Crippen MR) is 161 cm³/mol. The van der Waals surface area contributed by atoms with Crippen LogP contribution in [0.15, 0.2) is 53.7 Å². The lowest BCUT2D eigenvalue weighted by Gasteiger charge is -2.42. The van der Waals surface area contributed by atoms with E-state index in [0.717, 1.165) is 59.5 Å². The minimum Gasteiger partial charge on any atom is -0.308 e. The Labute approximate surface area is 233 Å². The first-order valence-corrected chi connectivity index (χ1v) is 14.5. The van der Waals surface area contributed by atoms with Gasteiger partial charge in [-0.3, -0.25) is 4.98 Å². The zero-order valence-corrected chi connectivity index (χ0v) is 24.4. The number of hydrogen-bond acceptors (Lipinski definition) is 5. The second-order valence-electron chi connectivity index (χ2n) is 9.60. The first kappa shape index (κ1) is 29.7. The average Bonchev–Trinajstić information content (AvgIpc) is 2.96. The van der Waals surface area contributed by atoms with Crippen LogP contribution >= 0.6 is 12.6 Å². The van der Waals surface area contributed by atoms with Gasteiger partial charge in [0.25, 0.3) is 0 Å². The van der Waals surface area contributed by atoms with E-state index >= 15 is 0 Å². The molecule has 0 radical (unpaired) electrons. The second-order valence-corrected chi connectivity index (χ2v) is 10.2. The average molecular weight is 533 g/mol. The fraction of sp³-hybridized carbons (Fsp3) is 0.438. The Kier molecular flexibility index (Phi) is 10.8. The number of pyridine rings is 1. The minimum absolute atomic E-state index is 0.212. The van der Waals surface area contributed by atoms with E-state index in [2.05, 4.69) is 38.4 Å². The maximum Gasteiger partial charge on any atom is 0.160 e. The van der Waals surface area contributed by atoms with Gasteiger partial charge in [-0.15, -0.1) is 0 Å². The van der Waals surface area contributed by atoms with Gasteiger partial charge in [-0.2, -0.15) is 12.6 Å². The quantitative estimate of drug-likeness (QED) is 0.261. The third-order valence-electron chi connectivity index (χ3n) is 7.65. The number of fused-ring (bicyclic) bond motifs is 3. The number of nitrogens with one attached hydrogen (secondary N) is 1. The van der Waals surface area contributed by atoms with Crippen molar-refractivity contribution in [2.24, 2.45) is 11.8 Å². The van der Waals surface area contributed by atoms with E-state index in [1.807, 2.05) is 45.0 Å². The first-order valence-electron chi connectivity index (χ1n) is 13.8. The van der Waals surface area contributed by atoms with Crippen LogP contribution in [0.2, 0.25) is 0 Å². The third-order valence-corrected chi connectivity index (χ3v) is 7.65. The van der Waals surface area contributed by atoms with Crippen LogP contribution in [0.25, 0.3) is 22.6 Å². The molecule has 4 nitrogen and oxygen atoms in total. The summed E-state index contributed by atoms with van der Waals surface area (Å²) in [6, 6.07) is 10.9. The van der Waals surface area contributed by atoms with E-state index in [-0.39, 0.29) is 11.7 Å². The number of rotatable bonds is 4. The molecule has 1 aromatic carbocycles. The summed E-state index contributed by atoms with van der Waals surface area (Å²) < 4.78 is 15.0. The van der Waals surface area contributed by atoms with Gasteiger partial charge < -0.3 is 5.41 Å². The van der Waals surface area contributed by atoms with Crippen molar-refractivity contribution in [1.29, 1.82) is 5.41 Å². The number of aromatic nitrogens is 3. The Balaban J connectivity index is 0.000000748. The first-order chi connectivity index (χ1) is 18.4. The SMILES string of the molecule is CC.CCS.CCc1cc(-c2nc(-c3ccccc3F)c3c(n2)C2CC(C=N)=C(C)C(C)C2CC3)ccn1. The largest absolute Gasteiger partial charge is 0.308 e. The Bertz CT molecular complexity index is 1290. The zero-order chi connectivity index (χ0) is 27.8. The number of hydrogen-bond donors (Lipinski definition) is 2. The highest BCUT2D eigenvalue weighted by Gasteiger charge is 2.40. The Hall–Kier alpha value is -2.86. The minimum atomic E-state index is -0.261. The van der Waals surface area contributed by atoms with E-state index in [4.69, 9.17) is 15.4 Å². The van der Waals surface area contributed by atoms with Gasteiger partial charge in [0.2, 0.25) is 0 Å². The highest BCUT2D eigenvalue weighted by Crippen LogP contribution is 2.50. The molecule has 2 aliphatic rings. The van der Waals surface area contributed by atoms with E-state index in [1.54, 1.807) is 12.3 Å². The van der Waals surface area contributed by atoms with Gasteiger partial charge in [-0.25, -0.2) is 14.4 Å². The lowest BCUT2D eigenvalue weighted by molar-refractivity contribution is 0.271. The fourth-order valence-corrected chi connectivity index (χ4v) is 5.62. The molecule has 1 N–H and O–H groups in total. The van der Waals surface area contributed by atoms with Gasteiger partial charge in [-0.1, -0.05) is 52.3 Å². The van der Waals surface area contributed by atoms with Gasteiger partial charge in [0.05, 0.1) is 11.4 Å². The van der Waals surface area contributed by atoms with Crippen molar-refractivity contribution in [3.05, 3.63) is 76.5 Å². The molecule has 0 fully saturated rings. The number of thiol groups is 1.